The highest BCUT2D eigenvalue weighted by molar-refractivity contribution is 6.51. The van der Waals surface area contributed by atoms with Crippen LogP contribution >= 0.6 is 0 Å². The Morgan fingerprint density at radius 3 is 2.12 bits per heavy atom. The summed E-state index contributed by atoms with van der Waals surface area (Å²) in [7, 11) is 0. The zero-order chi connectivity index (χ0) is 24.4. The van der Waals surface area contributed by atoms with Crippen molar-refractivity contribution in [3.05, 3.63) is 101 Å². The van der Waals surface area contributed by atoms with Crippen molar-refractivity contribution < 1.29 is 19.4 Å². The number of aliphatic hydroxyl groups excluding tert-OH is 1. The molecule has 1 aliphatic rings. The van der Waals surface area contributed by atoms with Crippen LogP contribution in [0.3, 0.4) is 0 Å². The first-order valence-electron chi connectivity index (χ1n) is 11.5. The lowest BCUT2D eigenvalue weighted by atomic mass is 9.93. The number of carbonyl (C=O) groups is 2. The average Bonchev–Trinajstić information content (AvgIpc) is 3.10. The van der Waals surface area contributed by atoms with E-state index in [1.54, 1.807) is 36.4 Å². The van der Waals surface area contributed by atoms with Gasteiger partial charge in [0.25, 0.3) is 11.7 Å². The molecule has 174 valence electrons. The van der Waals surface area contributed by atoms with E-state index in [9.17, 15) is 14.7 Å². The third-order valence-electron chi connectivity index (χ3n) is 6.11. The van der Waals surface area contributed by atoms with E-state index in [0.717, 1.165) is 16.7 Å². The molecule has 1 N–H and O–H groups in total. The van der Waals surface area contributed by atoms with E-state index >= 15 is 0 Å². The summed E-state index contributed by atoms with van der Waals surface area (Å²) in [5, 5.41) is 11.2. The number of aliphatic hydroxyl groups is 1. The maximum absolute atomic E-state index is 13.3. The summed E-state index contributed by atoms with van der Waals surface area (Å²) in [6, 6.07) is 21.4. The summed E-state index contributed by atoms with van der Waals surface area (Å²) >= 11 is 0. The minimum atomic E-state index is -0.750. The molecule has 0 bridgehead atoms. The number of hydrogen-bond donors (Lipinski definition) is 1. The van der Waals surface area contributed by atoms with Crippen molar-refractivity contribution in [3.63, 3.8) is 0 Å². The maximum Gasteiger partial charge on any atom is 0.300 e. The van der Waals surface area contributed by atoms with Crippen LogP contribution in [-0.4, -0.2) is 23.4 Å². The highest BCUT2D eigenvalue weighted by Crippen LogP contribution is 2.42. The number of ether oxygens (including phenoxy) is 1. The highest BCUT2D eigenvalue weighted by atomic mass is 16.5. The van der Waals surface area contributed by atoms with Crippen LogP contribution in [0, 0.1) is 6.92 Å². The third kappa shape index (κ3) is 4.34. The normalized spacial score (nSPS) is 17.4. The Morgan fingerprint density at radius 1 is 0.941 bits per heavy atom. The Bertz CT molecular complexity index is 1220. The molecule has 0 saturated carbocycles. The van der Waals surface area contributed by atoms with E-state index in [1.165, 1.54) is 4.90 Å². The van der Waals surface area contributed by atoms with Crippen molar-refractivity contribution in [2.45, 2.75) is 39.7 Å². The number of aryl methyl sites for hydroxylation is 1. The Morgan fingerprint density at radius 2 is 1.56 bits per heavy atom. The number of carbonyl (C=O) groups excluding carboxylic acids is 2. The molecule has 3 aromatic carbocycles. The zero-order valence-electron chi connectivity index (χ0n) is 19.9. The summed E-state index contributed by atoms with van der Waals surface area (Å²) in [4.78, 5) is 28.0. The second-order valence-electron chi connectivity index (χ2n) is 8.78. The molecule has 0 aliphatic carbocycles. The van der Waals surface area contributed by atoms with Crippen LogP contribution in [-0.2, 0) is 9.59 Å². The van der Waals surface area contributed by atoms with E-state index in [-0.39, 0.29) is 11.3 Å². The average molecular weight is 456 g/mol. The molecule has 1 amide bonds. The monoisotopic (exact) mass is 455 g/mol. The molecule has 4 rings (SSSR count). The van der Waals surface area contributed by atoms with Crippen LogP contribution in [0.2, 0.25) is 0 Å². The molecular weight excluding hydrogens is 426 g/mol. The number of nitrogens with zero attached hydrogens (tertiary/aromatic N) is 1. The van der Waals surface area contributed by atoms with Gasteiger partial charge in [-0.2, -0.15) is 0 Å². The Kier molecular flexibility index (Phi) is 6.55. The van der Waals surface area contributed by atoms with E-state index in [2.05, 4.69) is 13.8 Å². The van der Waals surface area contributed by atoms with Crippen molar-refractivity contribution in [2.75, 3.05) is 11.5 Å². The van der Waals surface area contributed by atoms with Gasteiger partial charge in [0.2, 0.25) is 0 Å². The van der Waals surface area contributed by atoms with Crippen molar-refractivity contribution in [1.82, 2.24) is 0 Å². The molecule has 5 heteroatoms. The molecule has 34 heavy (non-hydrogen) atoms. The van der Waals surface area contributed by atoms with Crippen LogP contribution in [0.25, 0.3) is 5.76 Å². The number of hydrogen-bond acceptors (Lipinski definition) is 4. The van der Waals surface area contributed by atoms with E-state index < -0.39 is 17.7 Å². The van der Waals surface area contributed by atoms with Gasteiger partial charge in [-0.25, -0.2) is 0 Å². The second kappa shape index (κ2) is 9.56. The molecule has 1 atom stereocenters. The predicted octanol–water partition coefficient (Wildman–Crippen LogP) is 6.14. The number of amides is 1. The van der Waals surface area contributed by atoms with Gasteiger partial charge in [0, 0.05) is 11.3 Å². The van der Waals surface area contributed by atoms with Crippen LogP contribution in [0.5, 0.6) is 5.75 Å². The second-order valence-corrected chi connectivity index (χ2v) is 8.78. The first-order chi connectivity index (χ1) is 16.3. The van der Waals surface area contributed by atoms with Crippen LogP contribution in [0.4, 0.5) is 5.69 Å². The predicted molar refractivity (Wildman–Crippen MR) is 134 cm³/mol. The molecule has 0 radical (unpaired) electrons. The Balaban J connectivity index is 1.87. The number of ketones is 1. The zero-order valence-corrected chi connectivity index (χ0v) is 19.9. The van der Waals surface area contributed by atoms with E-state index in [1.807, 2.05) is 50.2 Å². The van der Waals surface area contributed by atoms with Gasteiger partial charge >= 0.3 is 0 Å². The summed E-state index contributed by atoms with van der Waals surface area (Å²) < 4.78 is 5.53. The fraction of sp³-hybridized carbons (Fsp3) is 0.241. The first-order valence-corrected chi connectivity index (χ1v) is 11.5. The summed E-state index contributed by atoms with van der Waals surface area (Å²) in [6.07, 6.45) is 0. The lowest BCUT2D eigenvalue weighted by molar-refractivity contribution is -0.132. The molecular formula is C29H29NO4. The van der Waals surface area contributed by atoms with Crippen molar-refractivity contribution in [2.24, 2.45) is 0 Å². The fourth-order valence-electron chi connectivity index (χ4n) is 4.21. The molecule has 0 aromatic heterocycles. The number of Topliss-reactive ketones (excluding diaryl/α,β-unsaturated/α-hetero) is 1. The standard InChI is InChI=1S/C29H29NO4/c1-5-34-24-16-14-23(15-17-24)30-26(21-12-10-20(11-13-21)18(2)3)25(28(32)29(30)33)27(31)22-8-6-19(4)7-9-22/h6-18,26,31H,5H2,1-4H3/b27-25-. The maximum atomic E-state index is 13.3. The first kappa shape index (κ1) is 23.3. The van der Waals surface area contributed by atoms with Crippen LogP contribution in [0.1, 0.15) is 55.0 Å². The van der Waals surface area contributed by atoms with Gasteiger partial charge in [0.1, 0.15) is 11.5 Å². The molecule has 0 spiro atoms. The lowest BCUT2D eigenvalue weighted by Gasteiger charge is -2.26. The molecule has 1 unspecified atom stereocenters. The fourth-order valence-corrected chi connectivity index (χ4v) is 4.21. The largest absolute Gasteiger partial charge is 0.507 e. The van der Waals surface area contributed by atoms with Gasteiger partial charge in [-0.05, 0) is 55.2 Å². The number of benzene rings is 3. The molecule has 3 aromatic rings. The lowest BCUT2D eigenvalue weighted by Crippen LogP contribution is -2.29. The molecule has 1 aliphatic heterocycles. The smallest absolute Gasteiger partial charge is 0.300 e. The van der Waals surface area contributed by atoms with Gasteiger partial charge in [0.15, 0.2) is 0 Å². The summed E-state index contributed by atoms with van der Waals surface area (Å²) in [5.74, 6) is -0.523. The third-order valence-corrected chi connectivity index (χ3v) is 6.11. The van der Waals surface area contributed by atoms with Gasteiger partial charge in [-0.15, -0.1) is 0 Å². The van der Waals surface area contributed by atoms with E-state index in [4.69, 9.17) is 4.74 Å². The SMILES string of the molecule is CCOc1ccc(N2C(=O)C(=O)/C(=C(\O)c3ccc(C)cc3)C2c2ccc(C(C)C)cc2)cc1. The molecule has 1 saturated heterocycles. The Hall–Kier alpha value is -3.86. The van der Waals surface area contributed by atoms with Gasteiger partial charge < -0.3 is 9.84 Å². The quantitative estimate of drug-likeness (QED) is 0.275. The van der Waals surface area contributed by atoms with Gasteiger partial charge in [0.05, 0.1) is 18.2 Å². The van der Waals surface area contributed by atoms with Crippen LogP contribution in [0.15, 0.2) is 78.4 Å². The van der Waals surface area contributed by atoms with Crippen molar-refractivity contribution in [3.8, 4) is 5.75 Å². The summed E-state index contributed by atoms with van der Waals surface area (Å²) in [5.41, 5.74) is 4.09. The minimum absolute atomic E-state index is 0.0834. The molecule has 1 heterocycles. The Labute approximate surface area is 200 Å². The number of rotatable bonds is 6. The minimum Gasteiger partial charge on any atom is -0.507 e. The van der Waals surface area contributed by atoms with Crippen LogP contribution < -0.4 is 9.64 Å². The van der Waals surface area contributed by atoms with Crippen molar-refractivity contribution >= 4 is 23.1 Å². The highest BCUT2D eigenvalue weighted by Gasteiger charge is 2.47. The van der Waals surface area contributed by atoms with Gasteiger partial charge in [-0.1, -0.05) is 67.9 Å². The number of anilines is 1. The molecule has 1 fully saturated rings. The van der Waals surface area contributed by atoms with Crippen molar-refractivity contribution in [1.29, 1.82) is 0 Å². The topological polar surface area (TPSA) is 66.8 Å². The van der Waals surface area contributed by atoms with Gasteiger partial charge in [-0.3, -0.25) is 14.5 Å². The summed E-state index contributed by atoms with van der Waals surface area (Å²) in [6.45, 7) is 8.60. The molecule has 5 nitrogen and oxygen atoms in total. The van der Waals surface area contributed by atoms with E-state index in [0.29, 0.717) is 29.5 Å².